The van der Waals surface area contributed by atoms with Crippen LogP contribution in [0, 0.1) is 11.3 Å². The van der Waals surface area contributed by atoms with Gasteiger partial charge in [-0.2, -0.15) is 0 Å². The first-order valence-electron chi connectivity index (χ1n) is 7.83. The summed E-state index contributed by atoms with van der Waals surface area (Å²) in [5, 5.41) is 11.1. The average Bonchev–Trinajstić information content (AvgIpc) is 2.91. The minimum absolute atomic E-state index is 0.0672. The molecule has 1 atom stereocenters. The lowest BCUT2D eigenvalue weighted by Gasteiger charge is -2.24. The molecule has 0 bridgehead atoms. The second-order valence-electron chi connectivity index (χ2n) is 6.76. The van der Waals surface area contributed by atoms with E-state index >= 15 is 0 Å². The van der Waals surface area contributed by atoms with Gasteiger partial charge < -0.3 is 10.2 Å². The van der Waals surface area contributed by atoms with E-state index in [1.54, 1.807) is 4.90 Å². The SMILES string of the molecule is CC(C)CC1(C)NC(=N)N(CCCN2CCCC2)C1=O. The van der Waals surface area contributed by atoms with E-state index in [4.69, 9.17) is 5.41 Å². The topological polar surface area (TPSA) is 59.4 Å². The second kappa shape index (κ2) is 6.12. The Kier molecular flexibility index (Phi) is 4.68. The van der Waals surface area contributed by atoms with Crippen LogP contribution in [0.2, 0.25) is 0 Å². The van der Waals surface area contributed by atoms with Crippen molar-refractivity contribution in [3.05, 3.63) is 0 Å². The summed E-state index contributed by atoms with van der Waals surface area (Å²) >= 11 is 0. The molecule has 2 fully saturated rings. The molecule has 114 valence electrons. The molecule has 2 aliphatic heterocycles. The Morgan fingerprint density at radius 3 is 2.55 bits per heavy atom. The van der Waals surface area contributed by atoms with E-state index in [0.29, 0.717) is 12.5 Å². The standard InChI is InChI=1S/C15H28N4O/c1-12(2)11-15(3)13(20)19(14(16)17-15)10-6-9-18-7-4-5-8-18/h12H,4-11H2,1-3H3,(H2,16,17). The fraction of sp³-hybridized carbons (Fsp3) is 0.867. The third-order valence-electron chi connectivity index (χ3n) is 4.25. The van der Waals surface area contributed by atoms with Crippen molar-refractivity contribution in [2.45, 2.75) is 52.0 Å². The van der Waals surface area contributed by atoms with Crippen LogP contribution < -0.4 is 5.32 Å². The summed E-state index contributed by atoms with van der Waals surface area (Å²) < 4.78 is 0. The van der Waals surface area contributed by atoms with Crippen molar-refractivity contribution in [3.8, 4) is 0 Å². The highest BCUT2D eigenvalue weighted by Gasteiger charge is 2.45. The first kappa shape index (κ1) is 15.3. The Morgan fingerprint density at radius 2 is 1.95 bits per heavy atom. The second-order valence-corrected chi connectivity index (χ2v) is 6.76. The molecule has 0 radical (unpaired) electrons. The number of hydrogen-bond acceptors (Lipinski definition) is 3. The van der Waals surface area contributed by atoms with Gasteiger partial charge >= 0.3 is 0 Å². The van der Waals surface area contributed by atoms with Crippen molar-refractivity contribution in [1.82, 2.24) is 15.1 Å². The summed E-state index contributed by atoms with van der Waals surface area (Å²) in [5.41, 5.74) is -0.584. The highest BCUT2D eigenvalue weighted by Crippen LogP contribution is 2.24. The molecule has 2 N–H and O–H groups in total. The Morgan fingerprint density at radius 1 is 1.30 bits per heavy atom. The van der Waals surface area contributed by atoms with Crippen LogP contribution in [0.25, 0.3) is 0 Å². The quantitative estimate of drug-likeness (QED) is 0.777. The number of guanidine groups is 1. The van der Waals surface area contributed by atoms with E-state index in [-0.39, 0.29) is 11.9 Å². The number of rotatable bonds is 6. The van der Waals surface area contributed by atoms with E-state index in [2.05, 4.69) is 24.1 Å². The average molecular weight is 280 g/mol. The monoisotopic (exact) mass is 280 g/mol. The van der Waals surface area contributed by atoms with Crippen LogP contribution in [-0.4, -0.2) is 53.4 Å². The van der Waals surface area contributed by atoms with Crippen molar-refractivity contribution >= 4 is 11.9 Å². The molecule has 0 aromatic carbocycles. The third kappa shape index (κ3) is 3.32. The molecule has 2 saturated heterocycles. The number of likely N-dealkylation sites (tertiary alicyclic amines) is 1. The summed E-state index contributed by atoms with van der Waals surface area (Å²) in [4.78, 5) is 16.6. The normalized spacial score (nSPS) is 27.7. The minimum atomic E-state index is -0.584. The zero-order valence-corrected chi connectivity index (χ0v) is 13.0. The summed E-state index contributed by atoms with van der Waals surface area (Å²) in [5.74, 6) is 0.783. The first-order chi connectivity index (χ1) is 9.42. The summed E-state index contributed by atoms with van der Waals surface area (Å²) in [6.45, 7) is 10.2. The van der Waals surface area contributed by atoms with Crippen LogP contribution in [0.15, 0.2) is 0 Å². The predicted molar refractivity (Wildman–Crippen MR) is 80.7 cm³/mol. The Hall–Kier alpha value is -1.10. The third-order valence-corrected chi connectivity index (χ3v) is 4.25. The van der Waals surface area contributed by atoms with Gasteiger partial charge in [-0.15, -0.1) is 0 Å². The van der Waals surface area contributed by atoms with Gasteiger partial charge in [-0.05, 0) is 58.2 Å². The van der Waals surface area contributed by atoms with Gasteiger partial charge in [0.1, 0.15) is 5.54 Å². The van der Waals surface area contributed by atoms with Gasteiger partial charge in [-0.25, -0.2) is 0 Å². The zero-order chi connectivity index (χ0) is 14.8. The van der Waals surface area contributed by atoms with Gasteiger partial charge in [0.05, 0.1) is 0 Å². The van der Waals surface area contributed by atoms with E-state index in [1.807, 2.05) is 6.92 Å². The summed E-state index contributed by atoms with van der Waals surface area (Å²) in [6, 6.07) is 0. The molecule has 0 aliphatic carbocycles. The minimum Gasteiger partial charge on any atom is -0.342 e. The van der Waals surface area contributed by atoms with Crippen molar-refractivity contribution in [1.29, 1.82) is 5.41 Å². The van der Waals surface area contributed by atoms with Gasteiger partial charge in [-0.3, -0.25) is 15.1 Å². The predicted octanol–water partition coefficient (Wildman–Crippen LogP) is 1.64. The lowest BCUT2D eigenvalue weighted by atomic mass is 9.91. The molecule has 0 aromatic rings. The molecule has 2 rings (SSSR count). The Balaban J connectivity index is 1.85. The number of amides is 1. The fourth-order valence-electron chi connectivity index (χ4n) is 3.41. The van der Waals surface area contributed by atoms with Gasteiger partial charge in [-0.1, -0.05) is 13.8 Å². The maximum absolute atomic E-state index is 12.5. The van der Waals surface area contributed by atoms with Gasteiger partial charge in [0.15, 0.2) is 5.96 Å². The number of hydrogen-bond donors (Lipinski definition) is 2. The molecule has 5 nitrogen and oxygen atoms in total. The molecule has 0 spiro atoms. The van der Waals surface area contributed by atoms with Crippen LogP contribution in [0.5, 0.6) is 0 Å². The van der Waals surface area contributed by atoms with Gasteiger partial charge in [0.2, 0.25) is 0 Å². The number of nitrogens with one attached hydrogen (secondary N) is 2. The number of nitrogens with zero attached hydrogens (tertiary/aromatic N) is 2. The molecular weight excluding hydrogens is 252 g/mol. The smallest absolute Gasteiger partial charge is 0.254 e. The maximum atomic E-state index is 12.5. The molecule has 0 saturated carbocycles. The van der Waals surface area contributed by atoms with Crippen molar-refractivity contribution < 1.29 is 4.79 Å². The van der Waals surface area contributed by atoms with Crippen LogP contribution in [0.4, 0.5) is 0 Å². The zero-order valence-electron chi connectivity index (χ0n) is 13.0. The van der Waals surface area contributed by atoms with Crippen LogP contribution >= 0.6 is 0 Å². The number of carbonyl (C=O) groups is 1. The van der Waals surface area contributed by atoms with Crippen molar-refractivity contribution in [2.75, 3.05) is 26.2 Å². The van der Waals surface area contributed by atoms with Crippen LogP contribution in [-0.2, 0) is 4.79 Å². The number of carbonyl (C=O) groups excluding carboxylic acids is 1. The van der Waals surface area contributed by atoms with E-state index in [1.165, 1.54) is 25.9 Å². The van der Waals surface area contributed by atoms with E-state index < -0.39 is 5.54 Å². The molecule has 1 unspecified atom stereocenters. The molecule has 2 aliphatic rings. The lowest BCUT2D eigenvalue weighted by molar-refractivity contribution is -0.131. The molecular formula is C15H28N4O. The summed E-state index contributed by atoms with van der Waals surface area (Å²) in [6.07, 6.45) is 4.32. The van der Waals surface area contributed by atoms with Crippen molar-refractivity contribution in [3.63, 3.8) is 0 Å². The van der Waals surface area contributed by atoms with Gasteiger partial charge in [0.25, 0.3) is 5.91 Å². The van der Waals surface area contributed by atoms with Crippen LogP contribution in [0.3, 0.4) is 0 Å². The molecule has 20 heavy (non-hydrogen) atoms. The largest absolute Gasteiger partial charge is 0.342 e. The lowest BCUT2D eigenvalue weighted by Crippen LogP contribution is -2.45. The maximum Gasteiger partial charge on any atom is 0.254 e. The van der Waals surface area contributed by atoms with Gasteiger partial charge in [0, 0.05) is 6.54 Å². The highest BCUT2D eigenvalue weighted by atomic mass is 16.2. The molecule has 1 amide bonds. The summed E-state index contributed by atoms with van der Waals surface area (Å²) in [7, 11) is 0. The van der Waals surface area contributed by atoms with Crippen molar-refractivity contribution in [2.24, 2.45) is 5.92 Å². The van der Waals surface area contributed by atoms with Crippen LogP contribution in [0.1, 0.15) is 46.5 Å². The Labute approximate surface area is 122 Å². The van der Waals surface area contributed by atoms with E-state index in [0.717, 1.165) is 19.4 Å². The molecule has 2 heterocycles. The first-order valence-corrected chi connectivity index (χ1v) is 7.83. The molecule has 5 heteroatoms. The fourth-order valence-corrected chi connectivity index (χ4v) is 3.41. The Bertz CT molecular complexity index is 376. The highest BCUT2D eigenvalue weighted by molar-refractivity contribution is 6.07. The molecule has 0 aromatic heterocycles. The van der Waals surface area contributed by atoms with E-state index in [9.17, 15) is 4.79 Å².